The second kappa shape index (κ2) is 7.80. The first-order valence-corrected chi connectivity index (χ1v) is 7.29. The summed E-state index contributed by atoms with van der Waals surface area (Å²) in [6.07, 6.45) is 3.43. The van der Waals surface area contributed by atoms with Gasteiger partial charge in [-0.25, -0.2) is 4.98 Å². The SMILES string of the molecule is CCCNC(CCN(C)C)Cc1csc(C)n1. The van der Waals surface area contributed by atoms with Gasteiger partial charge >= 0.3 is 0 Å². The summed E-state index contributed by atoms with van der Waals surface area (Å²) in [5, 5.41) is 6.97. The topological polar surface area (TPSA) is 28.2 Å². The van der Waals surface area contributed by atoms with E-state index < -0.39 is 0 Å². The highest BCUT2D eigenvalue weighted by atomic mass is 32.1. The highest BCUT2D eigenvalue weighted by molar-refractivity contribution is 7.09. The van der Waals surface area contributed by atoms with E-state index in [-0.39, 0.29) is 0 Å². The van der Waals surface area contributed by atoms with Crippen molar-refractivity contribution in [2.24, 2.45) is 0 Å². The molecule has 0 saturated heterocycles. The monoisotopic (exact) mass is 255 g/mol. The Bertz CT molecular complexity index is 309. The first-order valence-electron chi connectivity index (χ1n) is 6.41. The molecule has 1 unspecified atom stereocenters. The average molecular weight is 255 g/mol. The molecular weight excluding hydrogens is 230 g/mol. The molecule has 0 amide bonds. The molecule has 98 valence electrons. The third-order valence-electron chi connectivity index (χ3n) is 2.73. The highest BCUT2D eigenvalue weighted by Crippen LogP contribution is 2.11. The average Bonchev–Trinajstić information content (AvgIpc) is 2.68. The summed E-state index contributed by atoms with van der Waals surface area (Å²) in [6, 6.07) is 0.554. The summed E-state index contributed by atoms with van der Waals surface area (Å²) >= 11 is 1.75. The number of nitrogens with one attached hydrogen (secondary N) is 1. The van der Waals surface area contributed by atoms with Gasteiger partial charge in [0.15, 0.2) is 0 Å². The third kappa shape index (κ3) is 6.15. The van der Waals surface area contributed by atoms with Gasteiger partial charge in [-0.15, -0.1) is 11.3 Å². The van der Waals surface area contributed by atoms with Crippen molar-refractivity contribution in [3.05, 3.63) is 16.1 Å². The molecule has 1 aromatic heterocycles. The molecule has 0 aliphatic carbocycles. The molecule has 17 heavy (non-hydrogen) atoms. The lowest BCUT2D eigenvalue weighted by Gasteiger charge is -2.19. The lowest BCUT2D eigenvalue weighted by Crippen LogP contribution is -2.34. The Labute approximate surface area is 109 Å². The molecule has 0 spiro atoms. The van der Waals surface area contributed by atoms with E-state index in [2.05, 4.69) is 48.5 Å². The summed E-state index contributed by atoms with van der Waals surface area (Å²) < 4.78 is 0. The van der Waals surface area contributed by atoms with Gasteiger partial charge in [0.05, 0.1) is 10.7 Å². The van der Waals surface area contributed by atoms with Crippen LogP contribution in [-0.2, 0) is 6.42 Å². The van der Waals surface area contributed by atoms with Crippen molar-refractivity contribution in [3.8, 4) is 0 Å². The van der Waals surface area contributed by atoms with Crippen molar-refractivity contribution in [3.63, 3.8) is 0 Å². The second-order valence-electron chi connectivity index (χ2n) is 4.80. The molecular formula is C13H25N3S. The second-order valence-corrected chi connectivity index (χ2v) is 5.87. The van der Waals surface area contributed by atoms with E-state index in [9.17, 15) is 0 Å². The number of rotatable bonds is 8. The smallest absolute Gasteiger partial charge is 0.0897 e. The van der Waals surface area contributed by atoms with Crippen molar-refractivity contribution in [1.82, 2.24) is 15.2 Å². The third-order valence-corrected chi connectivity index (χ3v) is 3.55. The Morgan fingerprint density at radius 2 is 2.24 bits per heavy atom. The van der Waals surface area contributed by atoms with E-state index in [0.29, 0.717) is 6.04 Å². The van der Waals surface area contributed by atoms with Gasteiger partial charge in [0.1, 0.15) is 0 Å². The molecule has 0 aliphatic rings. The number of hydrogen-bond donors (Lipinski definition) is 1. The predicted molar refractivity (Wildman–Crippen MR) is 75.8 cm³/mol. The molecule has 0 saturated carbocycles. The predicted octanol–water partition coefficient (Wildman–Crippen LogP) is 2.31. The van der Waals surface area contributed by atoms with E-state index in [1.165, 1.54) is 23.5 Å². The van der Waals surface area contributed by atoms with Crippen LogP contribution in [0.1, 0.15) is 30.5 Å². The minimum atomic E-state index is 0.554. The Hall–Kier alpha value is -0.450. The number of hydrogen-bond acceptors (Lipinski definition) is 4. The maximum absolute atomic E-state index is 4.55. The molecule has 4 heteroatoms. The van der Waals surface area contributed by atoms with Crippen molar-refractivity contribution < 1.29 is 0 Å². The van der Waals surface area contributed by atoms with E-state index in [1.807, 2.05) is 0 Å². The Morgan fingerprint density at radius 1 is 1.47 bits per heavy atom. The molecule has 0 aliphatic heterocycles. The number of nitrogens with zero attached hydrogens (tertiary/aromatic N) is 2. The van der Waals surface area contributed by atoms with Crippen LogP contribution in [0.25, 0.3) is 0 Å². The van der Waals surface area contributed by atoms with Crippen LogP contribution in [0.4, 0.5) is 0 Å². The first-order chi connectivity index (χ1) is 8.11. The highest BCUT2D eigenvalue weighted by Gasteiger charge is 2.11. The number of thiazole rings is 1. The summed E-state index contributed by atoms with van der Waals surface area (Å²) in [5.74, 6) is 0. The van der Waals surface area contributed by atoms with Crippen LogP contribution in [0.5, 0.6) is 0 Å². The van der Waals surface area contributed by atoms with Gasteiger partial charge in [-0.2, -0.15) is 0 Å². The van der Waals surface area contributed by atoms with Crippen LogP contribution in [0, 0.1) is 6.92 Å². The molecule has 3 nitrogen and oxygen atoms in total. The zero-order valence-corrected chi connectivity index (χ0v) is 12.3. The molecule has 1 atom stereocenters. The molecule has 0 bridgehead atoms. The van der Waals surface area contributed by atoms with Crippen LogP contribution in [0.3, 0.4) is 0 Å². The van der Waals surface area contributed by atoms with Gasteiger partial charge in [0, 0.05) is 17.8 Å². The van der Waals surface area contributed by atoms with Gasteiger partial charge in [-0.3, -0.25) is 0 Å². The van der Waals surface area contributed by atoms with Gasteiger partial charge in [0.25, 0.3) is 0 Å². The van der Waals surface area contributed by atoms with Crippen LogP contribution >= 0.6 is 11.3 Å². The molecule has 0 radical (unpaired) electrons. The standard InChI is InChI=1S/C13H25N3S/c1-5-7-14-12(6-8-16(3)4)9-13-10-17-11(2)15-13/h10,12,14H,5-9H2,1-4H3. The van der Waals surface area contributed by atoms with Crippen molar-refractivity contribution in [2.75, 3.05) is 27.2 Å². The van der Waals surface area contributed by atoms with E-state index in [4.69, 9.17) is 0 Å². The summed E-state index contributed by atoms with van der Waals surface area (Å²) in [6.45, 7) is 6.51. The fraction of sp³-hybridized carbons (Fsp3) is 0.769. The Balaban J connectivity index is 2.44. The van der Waals surface area contributed by atoms with Gasteiger partial charge < -0.3 is 10.2 Å². The Morgan fingerprint density at radius 3 is 2.76 bits per heavy atom. The number of aryl methyl sites for hydroxylation is 1. The van der Waals surface area contributed by atoms with Crippen molar-refractivity contribution >= 4 is 11.3 Å². The van der Waals surface area contributed by atoms with Crippen LogP contribution in [-0.4, -0.2) is 43.1 Å². The minimum Gasteiger partial charge on any atom is -0.314 e. The van der Waals surface area contributed by atoms with Gasteiger partial charge in [-0.05, 0) is 47.0 Å². The van der Waals surface area contributed by atoms with E-state index >= 15 is 0 Å². The number of aromatic nitrogens is 1. The summed E-state index contributed by atoms with van der Waals surface area (Å²) in [4.78, 5) is 6.79. The lowest BCUT2D eigenvalue weighted by molar-refractivity contribution is 0.355. The fourth-order valence-corrected chi connectivity index (χ4v) is 2.42. The molecule has 0 fully saturated rings. The quantitative estimate of drug-likeness (QED) is 0.772. The maximum atomic E-state index is 4.55. The molecule has 0 aromatic carbocycles. The van der Waals surface area contributed by atoms with Crippen LogP contribution in [0.2, 0.25) is 0 Å². The van der Waals surface area contributed by atoms with Crippen LogP contribution in [0.15, 0.2) is 5.38 Å². The van der Waals surface area contributed by atoms with Crippen molar-refractivity contribution in [2.45, 2.75) is 39.2 Å². The van der Waals surface area contributed by atoms with Gasteiger partial charge in [0.2, 0.25) is 0 Å². The molecule has 1 rings (SSSR count). The maximum Gasteiger partial charge on any atom is 0.0897 e. The largest absolute Gasteiger partial charge is 0.314 e. The van der Waals surface area contributed by atoms with E-state index in [1.54, 1.807) is 11.3 Å². The molecule has 1 aromatic rings. The van der Waals surface area contributed by atoms with E-state index in [0.717, 1.165) is 19.5 Å². The Kier molecular flexibility index (Phi) is 6.70. The normalized spacial score (nSPS) is 13.2. The minimum absolute atomic E-state index is 0.554. The van der Waals surface area contributed by atoms with Crippen LogP contribution < -0.4 is 5.32 Å². The van der Waals surface area contributed by atoms with Crippen molar-refractivity contribution in [1.29, 1.82) is 0 Å². The van der Waals surface area contributed by atoms with Gasteiger partial charge in [-0.1, -0.05) is 6.92 Å². The fourth-order valence-electron chi connectivity index (χ4n) is 1.79. The molecule has 1 heterocycles. The summed E-state index contributed by atoms with van der Waals surface area (Å²) in [7, 11) is 4.26. The lowest BCUT2D eigenvalue weighted by atomic mass is 10.1. The first kappa shape index (κ1) is 14.6. The summed E-state index contributed by atoms with van der Waals surface area (Å²) in [5.41, 5.74) is 1.24. The zero-order valence-electron chi connectivity index (χ0n) is 11.5. The zero-order chi connectivity index (χ0) is 12.7. The molecule has 1 N–H and O–H groups in total.